The summed E-state index contributed by atoms with van der Waals surface area (Å²) >= 11 is 4.97. The van der Waals surface area contributed by atoms with Crippen molar-refractivity contribution in [1.29, 1.82) is 0 Å². The minimum atomic E-state index is -0.585. The van der Waals surface area contributed by atoms with E-state index in [4.69, 9.17) is 18.0 Å². The third-order valence-corrected chi connectivity index (χ3v) is 3.78. The van der Waals surface area contributed by atoms with Crippen LogP contribution in [0.2, 0.25) is 0 Å². The highest BCUT2D eigenvalue weighted by atomic mass is 32.1. The van der Waals surface area contributed by atoms with Crippen LogP contribution in [0.15, 0.2) is 0 Å². The number of amides is 2. The Morgan fingerprint density at radius 2 is 2.06 bits per heavy atom. The van der Waals surface area contributed by atoms with Gasteiger partial charge >= 0.3 is 6.03 Å². The van der Waals surface area contributed by atoms with Gasteiger partial charge in [-0.1, -0.05) is 32.0 Å². The summed E-state index contributed by atoms with van der Waals surface area (Å²) in [5.74, 6) is 0. The van der Waals surface area contributed by atoms with Crippen LogP contribution in [0, 0.1) is 0 Å². The van der Waals surface area contributed by atoms with E-state index >= 15 is 0 Å². The lowest BCUT2D eigenvalue weighted by Crippen LogP contribution is -2.57. The molecule has 0 aromatic carbocycles. The Kier molecular flexibility index (Phi) is 4.53. The lowest BCUT2D eigenvalue weighted by molar-refractivity contribution is 0.230. The fraction of sp³-hybridized carbons (Fsp3) is 0.818. The first-order valence-electron chi connectivity index (χ1n) is 5.86. The average Bonchev–Trinajstić information content (AvgIpc) is 2.69. The van der Waals surface area contributed by atoms with E-state index in [2.05, 4.69) is 10.6 Å². The summed E-state index contributed by atoms with van der Waals surface area (Å²) in [5, 5.41) is 5.81. The van der Waals surface area contributed by atoms with Gasteiger partial charge < -0.3 is 16.4 Å². The second-order valence-electron chi connectivity index (χ2n) is 4.63. The van der Waals surface area contributed by atoms with E-state index in [1.807, 2.05) is 13.8 Å². The van der Waals surface area contributed by atoms with Gasteiger partial charge in [0.1, 0.15) is 0 Å². The van der Waals surface area contributed by atoms with E-state index in [1.54, 1.807) is 0 Å². The zero-order chi connectivity index (χ0) is 12.2. The van der Waals surface area contributed by atoms with Gasteiger partial charge in [0.05, 0.1) is 10.5 Å². The number of nitrogens with one attached hydrogen (secondary N) is 2. The summed E-state index contributed by atoms with van der Waals surface area (Å²) in [6.07, 6.45) is 5.24. The maximum atomic E-state index is 11.7. The molecule has 0 aromatic heterocycles. The maximum absolute atomic E-state index is 11.7. The number of carbonyl (C=O) groups excluding carboxylic acids is 1. The first-order valence-corrected chi connectivity index (χ1v) is 6.27. The van der Waals surface area contributed by atoms with E-state index < -0.39 is 5.54 Å². The first-order chi connectivity index (χ1) is 7.48. The summed E-state index contributed by atoms with van der Waals surface area (Å²) < 4.78 is 0. The molecule has 1 aliphatic carbocycles. The summed E-state index contributed by atoms with van der Waals surface area (Å²) in [7, 11) is 0. The summed E-state index contributed by atoms with van der Waals surface area (Å²) in [6, 6.07) is 0.150. The Morgan fingerprint density at radius 1 is 1.50 bits per heavy atom. The number of hydrogen-bond acceptors (Lipinski definition) is 2. The third-order valence-electron chi connectivity index (χ3n) is 3.33. The molecule has 1 aliphatic rings. The quantitative estimate of drug-likeness (QED) is 0.658. The highest BCUT2D eigenvalue weighted by Crippen LogP contribution is 2.17. The lowest BCUT2D eigenvalue weighted by atomic mass is 9.99. The van der Waals surface area contributed by atoms with Crippen molar-refractivity contribution >= 4 is 23.2 Å². The van der Waals surface area contributed by atoms with E-state index in [-0.39, 0.29) is 6.03 Å². The number of thiocarbonyl (C=S) groups is 1. The predicted octanol–water partition coefficient (Wildman–Crippen LogP) is 1.68. The average molecular weight is 243 g/mol. The Labute approximate surface area is 102 Å². The molecule has 16 heavy (non-hydrogen) atoms. The molecule has 0 spiro atoms. The maximum Gasteiger partial charge on any atom is 0.315 e. The number of urea groups is 1. The van der Waals surface area contributed by atoms with Crippen LogP contribution < -0.4 is 16.4 Å². The highest BCUT2D eigenvalue weighted by molar-refractivity contribution is 7.80. The van der Waals surface area contributed by atoms with Crippen molar-refractivity contribution in [2.24, 2.45) is 5.73 Å². The van der Waals surface area contributed by atoms with Crippen LogP contribution in [0.1, 0.15) is 46.0 Å². The molecule has 4 nitrogen and oxygen atoms in total. The predicted molar refractivity (Wildman–Crippen MR) is 69.4 cm³/mol. The van der Waals surface area contributed by atoms with Crippen molar-refractivity contribution in [3.63, 3.8) is 0 Å². The highest BCUT2D eigenvalue weighted by Gasteiger charge is 2.28. The van der Waals surface area contributed by atoms with Crippen LogP contribution in [-0.4, -0.2) is 22.6 Å². The van der Waals surface area contributed by atoms with Crippen molar-refractivity contribution in [3.05, 3.63) is 0 Å². The fourth-order valence-electron chi connectivity index (χ4n) is 1.87. The minimum absolute atomic E-state index is 0.163. The smallest absolute Gasteiger partial charge is 0.315 e. The van der Waals surface area contributed by atoms with E-state index in [0.29, 0.717) is 17.5 Å². The molecule has 0 radical (unpaired) electrons. The molecule has 1 unspecified atom stereocenters. The van der Waals surface area contributed by atoms with Gasteiger partial charge in [0.25, 0.3) is 0 Å². The molecule has 1 atom stereocenters. The van der Waals surface area contributed by atoms with Gasteiger partial charge in [-0.05, 0) is 26.2 Å². The van der Waals surface area contributed by atoms with Gasteiger partial charge in [0.15, 0.2) is 0 Å². The Balaban J connectivity index is 2.45. The molecular formula is C11H21N3OS. The zero-order valence-corrected chi connectivity index (χ0v) is 10.8. The normalized spacial score (nSPS) is 20.1. The van der Waals surface area contributed by atoms with Crippen LogP contribution in [0.25, 0.3) is 0 Å². The summed E-state index contributed by atoms with van der Waals surface area (Å²) in [5.41, 5.74) is 5.04. The van der Waals surface area contributed by atoms with E-state index in [1.165, 1.54) is 12.8 Å². The third kappa shape index (κ3) is 3.33. The van der Waals surface area contributed by atoms with Gasteiger partial charge in [-0.25, -0.2) is 4.79 Å². The Bertz CT molecular complexity index is 276. The molecule has 0 saturated heterocycles. The van der Waals surface area contributed by atoms with Crippen molar-refractivity contribution in [2.75, 3.05) is 0 Å². The SMILES string of the molecule is CCC(C)(NC(=O)NC1CCCC1)C(N)=S. The minimum Gasteiger partial charge on any atom is -0.391 e. The molecular weight excluding hydrogens is 222 g/mol. The number of nitrogens with two attached hydrogens (primary N) is 1. The van der Waals surface area contributed by atoms with Crippen molar-refractivity contribution in [3.8, 4) is 0 Å². The molecule has 4 N–H and O–H groups in total. The molecule has 92 valence electrons. The first kappa shape index (κ1) is 13.2. The van der Waals surface area contributed by atoms with Gasteiger partial charge in [-0.3, -0.25) is 0 Å². The van der Waals surface area contributed by atoms with Crippen molar-refractivity contribution in [2.45, 2.75) is 57.5 Å². The van der Waals surface area contributed by atoms with Crippen LogP contribution >= 0.6 is 12.2 Å². The van der Waals surface area contributed by atoms with Crippen LogP contribution in [-0.2, 0) is 0 Å². The van der Waals surface area contributed by atoms with Gasteiger partial charge in [0.2, 0.25) is 0 Å². The number of hydrogen-bond donors (Lipinski definition) is 3. The molecule has 0 aliphatic heterocycles. The molecule has 0 aromatic rings. The van der Waals surface area contributed by atoms with Crippen LogP contribution in [0.5, 0.6) is 0 Å². The van der Waals surface area contributed by atoms with Crippen molar-refractivity contribution < 1.29 is 4.79 Å². The molecule has 5 heteroatoms. The van der Waals surface area contributed by atoms with E-state index in [9.17, 15) is 4.79 Å². The largest absolute Gasteiger partial charge is 0.391 e. The zero-order valence-electron chi connectivity index (χ0n) is 10.0. The molecule has 0 bridgehead atoms. The number of rotatable bonds is 4. The van der Waals surface area contributed by atoms with Gasteiger partial charge in [-0.15, -0.1) is 0 Å². The van der Waals surface area contributed by atoms with Crippen LogP contribution in [0.3, 0.4) is 0 Å². The molecule has 1 fully saturated rings. The standard InChI is InChI=1S/C11H21N3OS/c1-3-11(2,9(12)16)14-10(15)13-8-6-4-5-7-8/h8H,3-7H2,1-2H3,(H2,12,16)(H2,13,14,15). The van der Waals surface area contributed by atoms with Gasteiger partial charge in [-0.2, -0.15) is 0 Å². The fourth-order valence-corrected chi connectivity index (χ4v) is 2.06. The Hall–Kier alpha value is -0.840. The molecule has 1 saturated carbocycles. The van der Waals surface area contributed by atoms with Gasteiger partial charge in [0, 0.05) is 6.04 Å². The second-order valence-corrected chi connectivity index (χ2v) is 5.07. The van der Waals surface area contributed by atoms with Crippen molar-refractivity contribution in [1.82, 2.24) is 10.6 Å². The Morgan fingerprint density at radius 3 is 2.50 bits per heavy atom. The topological polar surface area (TPSA) is 67.2 Å². The molecule has 2 amide bonds. The molecule has 0 heterocycles. The summed E-state index contributed by atoms with van der Waals surface area (Å²) in [4.78, 5) is 12.1. The second kappa shape index (κ2) is 5.48. The molecule has 1 rings (SSSR count). The monoisotopic (exact) mass is 243 g/mol. The van der Waals surface area contributed by atoms with Crippen LogP contribution in [0.4, 0.5) is 4.79 Å². The number of carbonyl (C=O) groups is 1. The van der Waals surface area contributed by atoms with E-state index in [0.717, 1.165) is 12.8 Å². The lowest BCUT2D eigenvalue weighted by Gasteiger charge is -2.29. The summed E-state index contributed by atoms with van der Waals surface area (Å²) in [6.45, 7) is 3.80.